The van der Waals surface area contributed by atoms with E-state index in [1.165, 1.54) is 22.9 Å². The number of nitrogens with one attached hydrogen (secondary N) is 1. The van der Waals surface area contributed by atoms with E-state index in [1.54, 1.807) is 25.3 Å². The van der Waals surface area contributed by atoms with E-state index in [4.69, 9.17) is 16.3 Å². The second-order valence-corrected chi connectivity index (χ2v) is 6.40. The topological polar surface area (TPSA) is 38.3 Å². The Hall–Kier alpha value is -1.65. The molecular formula is C17H18ClNO2S. The SMILES string of the molecule is COc1ccc(Cl)cc1NC(=O)CSc1cc(C)ccc1C. The summed E-state index contributed by atoms with van der Waals surface area (Å²) in [5, 5.41) is 3.39. The molecule has 0 aliphatic carbocycles. The Morgan fingerprint density at radius 2 is 2.00 bits per heavy atom. The average molecular weight is 336 g/mol. The van der Waals surface area contributed by atoms with Crippen LogP contribution in [0.25, 0.3) is 0 Å². The highest BCUT2D eigenvalue weighted by atomic mass is 35.5. The molecule has 5 heteroatoms. The molecular weight excluding hydrogens is 318 g/mol. The summed E-state index contributed by atoms with van der Waals surface area (Å²) < 4.78 is 5.22. The minimum atomic E-state index is -0.0912. The zero-order valence-corrected chi connectivity index (χ0v) is 14.3. The fourth-order valence-electron chi connectivity index (χ4n) is 1.97. The Kier molecular flexibility index (Phi) is 5.75. The molecule has 0 spiro atoms. The van der Waals surface area contributed by atoms with Crippen LogP contribution in [0.2, 0.25) is 5.02 Å². The molecule has 0 aliphatic heterocycles. The van der Waals surface area contributed by atoms with E-state index < -0.39 is 0 Å². The lowest BCUT2D eigenvalue weighted by molar-refractivity contribution is -0.113. The zero-order chi connectivity index (χ0) is 16.1. The number of aryl methyl sites for hydroxylation is 2. The molecule has 0 heterocycles. The molecule has 0 bridgehead atoms. The van der Waals surface area contributed by atoms with Crippen LogP contribution in [0.15, 0.2) is 41.3 Å². The van der Waals surface area contributed by atoms with Crippen molar-refractivity contribution in [1.29, 1.82) is 0 Å². The van der Waals surface area contributed by atoms with Crippen LogP contribution in [0.3, 0.4) is 0 Å². The van der Waals surface area contributed by atoms with Crippen LogP contribution in [0.5, 0.6) is 5.75 Å². The van der Waals surface area contributed by atoms with E-state index in [0.717, 1.165) is 4.90 Å². The minimum absolute atomic E-state index is 0.0912. The van der Waals surface area contributed by atoms with E-state index in [0.29, 0.717) is 22.2 Å². The minimum Gasteiger partial charge on any atom is -0.495 e. The van der Waals surface area contributed by atoms with Gasteiger partial charge in [-0.2, -0.15) is 0 Å². The molecule has 22 heavy (non-hydrogen) atoms. The van der Waals surface area contributed by atoms with Crippen LogP contribution >= 0.6 is 23.4 Å². The molecule has 0 radical (unpaired) electrons. The van der Waals surface area contributed by atoms with Crippen LogP contribution in [0.4, 0.5) is 5.69 Å². The van der Waals surface area contributed by atoms with Crippen molar-refractivity contribution >= 4 is 35.0 Å². The van der Waals surface area contributed by atoms with Gasteiger partial charge in [-0.15, -0.1) is 11.8 Å². The first-order valence-electron chi connectivity index (χ1n) is 6.83. The van der Waals surface area contributed by atoms with Crippen molar-refractivity contribution in [2.24, 2.45) is 0 Å². The monoisotopic (exact) mass is 335 g/mol. The van der Waals surface area contributed by atoms with Gasteiger partial charge in [-0.1, -0.05) is 29.3 Å². The lowest BCUT2D eigenvalue weighted by Gasteiger charge is -2.11. The standard InChI is InChI=1S/C17H18ClNO2S/c1-11-4-5-12(2)16(8-11)22-10-17(20)19-14-9-13(18)6-7-15(14)21-3/h4-9H,10H2,1-3H3,(H,19,20). The van der Waals surface area contributed by atoms with Crippen LogP contribution in [0.1, 0.15) is 11.1 Å². The molecule has 3 nitrogen and oxygen atoms in total. The zero-order valence-electron chi connectivity index (χ0n) is 12.8. The number of carbonyl (C=O) groups excluding carboxylic acids is 1. The van der Waals surface area contributed by atoms with Crippen molar-refractivity contribution in [3.05, 3.63) is 52.5 Å². The van der Waals surface area contributed by atoms with E-state index in [-0.39, 0.29) is 5.91 Å². The van der Waals surface area contributed by atoms with Gasteiger partial charge in [0.25, 0.3) is 0 Å². The normalized spacial score (nSPS) is 10.4. The Labute approximate surface area is 140 Å². The fourth-order valence-corrected chi connectivity index (χ4v) is 3.07. The van der Waals surface area contributed by atoms with Crippen molar-refractivity contribution in [3.63, 3.8) is 0 Å². The van der Waals surface area contributed by atoms with Gasteiger partial charge in [-0.05, 0) is 43.7 Å². The Morgan fingerprint density at radius 1 is 1.23 bits per heavy atom. The van der Waals surface area contributed by atoms with Gasteiger partial charge in [0.2, 0.25) is 5.91 Å². The molecule has 2 aromatic carbocycles. The van der Waals surface area contributed by atoms with Crippen molar-refractivity contribution in [1.82, 2.24) is 0 Å². The highest BCUT2D eigenvalue weighted by Crippen LogP contribution is 2.28. The van der Waals surface area contributed by atoms with Gasteiger partial charge in [-0.25, -0.2) is 0 Å². The van der Waals surface area contributed by atoms with Gasteiger partial charge < -0.3 is 10.1 Å². The average Bonchev–Trinajstić information content (AvgIpc) is 2.48. The lowest BCUT2D eigenvalue weighted by atomic mass is 10.2. The molecule has 1 amide bonds. The number of benzene rings is 2. The Balaban J connectivity index is 2.01. The molecule has 1 N–H and O–H groups in total. The number of hydrogen-bond donors (Lipinski definition) is 1. The van der Waals surface area contributed by atoms with E-state index in [2.05, 4.69) is 23.5 Å². The summed E-state index contributed by atoms with van der Waals surface area (Å²) in [6, 6.07) is 11.4. The molecule has 0 unspecified atom stereocenters. The van der Waals surface area contributed by atoms with E-state index in [1.807, 2.05) is 13.8 Å². The Bertz CT molecular complexity index is 688. The first kappa shape index (κ1) is 16.7. The summed E-state index contributed by atoms with van der Waals surface area (Å²) in [5.74, 6) is 0.834. The molecule has 116 valence electrons. The number of amides is 1. The number of hydrogen-bond acceptors (Lipinski definition) is 3. The molecule has 0 fully saturated rings. The molecule has 0 atom stereocenters. The molecule has 2 rings (SSSR count). The predicted molar refractivity (Wildman–Crippen MR) is 93.3 cm³/mol. The third-order valence-electron chi connectivity index (χ3n) is 3.14. The summed E-state index contributed by atoms with van der Waals surface area (Å²) in [6.07, 6.45) is 0. The third-order valence-corrected chi connectivity index (χ3v) is 4.53. The highest BCUT2D eigenvalue weighted by Gasteiger charge is 2.10. The summed E-state index contributed by atoms with van der Waals surface area (Å²) >= 11 is 7.48. The van der Waals surface area contributed by atoms with Crippen molar-refractivity contribution < 1.29 is 9.53 Å². The summed E-state index contributed by atoms with van der Waals surface area (Å²) in [7, 11) is 1.56. The summed E-state index contributed by atoms with van der Waals surface area (Å²) in [5.41, 5.74) is 2.94. The third kappa shape index (κ3) is 4.42. The number of anilines is 1. The molecule has 0 aliphatic rings. The number of rotatable bonds is 5. The van der Waals surface area contributed by atoms with Gasteiger partial charge >= 0.3 is 0 Å². The Morgan fingerprint density at radius 3 is 2.73 bits per heavy atom. The van der Waals surface area contributed by atoms with Crippen molar-refractivity contribution in [2.45, 2.75) is 18.7 Å². The maximum atomic E-state index is 12.1. The second-order valence-electron chi connectivity index (χ2n) is 4.95. The maximum absolute atomic E-state index is 12.1. The van der Waals surface area contributed by atoms with Crippen molar-refractivity contribution in [2.75, 3.05) is 18.2 Å². The van der Waals surface area contributed by atoms with E-state index in [9.17, 15) is 4.79 Å². The maximum Gasteiger partial charge on any atom is 0.234 e. The fraction of sp³-hybridized carbons (Fsp3) is 0.235. The van der Waals surface area contributed by atoms with Gasteiger partial charge in [0.05, 0.1) is 18.6 Å². The smallest absolute Gasteiger partial charge is 0.234 e. The van der Waals surface area contributed by atoms with Crippen LogP contribution in [-0.2, 0) is 4.79 Å². The first-order valence-corrected chi connectivity index (χ1v) is 8.19. The first-order chi connectivity index (χ1) is 10.5. The van der Waals surface area contributed by atoms with Crippen LogP contribution < -0.4 is 10.1 Å². The van der Waals surface area contributed by atoms with E-state index >= 15 is 0 Å². The largest absolute Gasteiger partial charge is 0.495 e. The number of carbonyl (C=O) groups is 1. The predicted octanol–water partition coefficient (Wildman–Crippen LogP) is 4.70. The molecule has 2 aromatic rings. The van der Waals surface area contributed by atoms with Gasteiger partial charge in [0.15, 0.2) is 0 Å². The summed E-state index contributed by atoms with van der Waals surface area (Å²) in [6.45, 7) is 4.08. The van der Waals surface area contributed by atoms with Crippen molar-refractivity contribution in [3.8, 4) is 5.75 Å². The van der Waals surface area contributed by atoms with Gasteiger partial charge in [0.1, 0.15) is 5.75 Å². The van der Waals surface area contributed by atoms with Gasteiger partial charge in [-0.3, -0.25) is 4.79 Å². The molecule has 0 saturated carbocycles. The number of thioether (sulfide) groups is 1. The van der Waals surface area contributed by atoms with Crippen LogP contribution in [-0.4, -0.2) is 18.8 Å². The van der Waals surface area contributed by atoms with Crippen LogP contribution in [0, 0.1) is 13.8 Å². The molecule has 0 aromatic heterocycles. The molecule has 0 saturated heterocycles. The number of ether oxygens (including phenoxy) is 1. The number of halogens is 1. The summed E-state index contributed by atoms with van der Waals surface area (Å²) in [4.78, 5) is 13.2. The highest BCUT2D eigenvalue weighted by molar-refractivity contribution is 8.00. The lowest BCUT2D eigenvalue weighted by Crippen LogP contribution is -2.14. The second kappa shape index (κ2) is 7.56. The quantitative estimate of drug-likeness (QED) is 0.805. The number of methoxy groups -OCH3 is 1. The van der Waals surface area contributed by atoms with Gasteiger partial charge in [0, 0.05) is 9.92 Å².